The van der Waals surface area contributed by atoms with Crippen molar-refractivity contribution in [3.05, 3.63) is 24.2 Å². The number of carbonyl (C=O) groups is 1. The minimum absolute atomic E-state index is 0.117. The second-order valence-corrected chi connectivity index (χ2v) is 3.83. The van der Waals surface area contributed by atoms with Crippen molar-refractivity contribution in [2.45, 2.75) is 12.3 Å². The molecule has 1 aliphatic rings. The predicted molar refractivity (Wildman–Crippen MR) is 52.6 cm³/mol. The van der Waals surface area contributed by atoms with E-state index in [4.69, 9.17) is 9.63 Å². The van der Waals surface area contributed by atoms with E-state index in [9.17, 15) is 4.79 Å². The van der Waals surface area contributed by atoms with E-state index in [1.165, 1.54) is 0 Å². The van der Waals surface area contributed by atoms with Crippen LogP contribution >= 0.6 is 0 Å². The average Bonchev–Trinajstić information content (AvgIpc) is 2.72. The summed E-state index contributed by atoms with van der Waals surface area (Å²) in [7, 11) is 0. The van der Waals surface area contributed by atoms with Gasteiger partial charge in [0.1, 0.15) is 0 Å². The average molecular weight is 219 g/mol. The number of hydrogen-bond acceptors (Lipinski definition) is 4. The number of carboxylic acids is 1. The Morgan fingerprint density at radius 2 is 2.50 bits per heavy atom. The number of rotatable bonds is 3. The third-order valence-corrected chi connectivity index (χ3v) is 2.71. The second-order valence-electron chi connectivity index (χ2n) is 3.83. The van der Waals surface area contributed by atoms with Crippen LogP contribution in [0.1, 0.15) is 18.2 Å². The summed E-state index contributed by atoms with van der Waals surface area (Å²) in [6.07, 6.45) is 2.35. The highest BCUT2D eigenvalue weighted by molar-refractivity contribution is 5.74. The molecule has 6 heteroatoms. The van der Waals surface area contributed by atoms with E-state index in [0.29, 0.717) is 18.1 Å². The molecule has 0 spiro atoms. The van der Waals surface area contributed by atoms with Crippen molar-refractivity contribution in [1.82, 2.24) is 15.1 Å². The lowest BCUT2D eigenvalue weighted by atomic mass is 10.3. The first-order valence-corrected chi connectivity index (χ1v) is 4.96. The lowest BCUT2D eigenvalue weighted by molar-refractivity contribution is -0.138. The van der Waals surface area contributed by atoms with Gasteiger partial charge in [0.2, 0.25) is 11.7 Å². The Bertz CT molecular complexity index is 517. The number of aromatic nitrogens is 3. The highest BCUT2D eigenvalue weighted by Crippen LogP contribution is 2.47. The van der Waals surface area contributed by atoms with Crippen LogP contribution in [0.15, 0.2) is 22.9 Å². The van der Waals surface area contributed by atoms with Crippen molar-refractivity contribution < 1.29 is 14.4 Å². The molecule has 2 atom stereocenters. The molecule has 2 heterocycles. The zero-order valence-electron chi connectivity index (χ0n) is 8.25. The summed E-state index contributed by atoms with van der Waals surface area (Å²) in [6.45, 7) is 0. The minimum Gasteiger partial charge on any atom is -0.481 e. The third-order valence-electron chi connectivity index (χ3n) is 2.71. The molecular formula is C10H9N3O3. The maximum Gasteiger partial charge on any atom is 0.307 e. The van der Waals surface area contributed by atoms with Gasteiger partial charge in [-0.2, -0.15) is 4.98 Å². The molecule has 0 amide bonds. The van der Waals surface area contributed by atoms with E-state index in [1.807, 2.05) is 12.1 Å². The van der Waals surface area contributed by atoms with Gasteiger partial charge in [-0.15, -0.1) is 0 Å². The summed E-state index contributed by atoms with van der Waals surface area (Å²) in [5.74, 6) is -0.400. The first kappa shape index (κ1) is 9.14. The van der Waals surface area contributed by atoms with Crippen LogP contribution in [-0.2, 0) is 4.79 Å². The van der Waals surface area contributed by atoms with Crippen LogP contribution in [-0.4, -0.2) is 26.2 Å². The number of aliphatic carboxylic acids is 1. The van der Waals surface area contributed by atoms with Crippen molar-refractivity contribution in [1.29, 1.82) is 0 Å². The third kappa shape index (κ3) is 1.39. The van der Waals surface area contributed by atoms with Crippen molar-refractivity contribution in [2.75, 3.05) is 0 Å². The SMILES string of the molecule is O=C(O)C1CC1c1nc(-c2ccc[nH]2)no1. The van der Waals surface area contributed by atoms with Crippen molar-refractivity contribution in [3.63, 3.8) is 0 Å². The predicted octanol–water partition coefficient (Wildman–Crippen LogP) is 1.25. The van der Waals surface area contributed by atoms with Crippen LogP contribution in [0.25, 0.3) is 11.5 Å². The van der Waals surface area contributed by atoms with Gasteiger partial charge in [-0.25, -0.2) is 0 Å². The molecule has 16 heavy (non-hydrogen) atoms. The standard InChI is InChI=1S/C10H9N3O3/c14-10(15)6-4-5(6)9-12-8(13-16-9)7-2-1-3-11-7/h1-3,5-6,11H,4H2,(H,14,15). The first-order valence-electron chi connectivity index (χ1n) is 4.96. The summed E-state index contributed by atoms with van der Waals surface area (Å²) in [5.41, 5.74) is 0.766. The summed E-state index contributed by atoms with van der Waals surface area (Å²) in [4.78, 5) is 17.8. The van der Waals surface area contributed by atoms with Crippen molar-refractivity contribution in [2.24, 2.45) is 5.92 Å². The number of carboxylic acid groups (broad SMARTS) is 1. The van der Waals surface area contributed by atoms with Gasteiger partial charge in [0, 0.05) is 6.20 Å². The van der Waals surface area contributed by atoms with Gasteiger partial charge in [-0.1, -0.05) is 5.16 Å². The molecule has 3 rings (SSSR count). The van der Waals surface area contributed by atoms with Crippen LogP contribution in [0.4, 0.5) is 0 Å². The molecule has 0 saturated heterocycles. The molecule has 1 fully saturated rings. The molecule has 82 valence electrons. The summed E-state index contributed by atoms with van der Waals surface area (Å²) in [6, 6.07) is 3.67. The maximum atomic E-state index is 10.7. The Hall–Kier alpha value is -2.11. The summed E-state index contributed by atoms with van der Waals surface area (Å²) >= 11 is 0. The molecular weight excluding hydrogens is 210 g/mol. The van der Waals surface area contributed by atoms with E-state index in [0.717, 1.165) is 5.69 Å². The van der Waals surface area contributed by atoms with Gasteiger partial charge < -0.3 is 14.6 Å². The zero-order valence-corrected chi connectivity index (χ0v) is 8.25. The van der Waals surface area contributed by atoms with Gasteiger partial charge in [-0.05, 0) is 18.6 Å². The molecule has 0 bridgehead atoms. The number of nitrogens with one attached hydrogen (secondary N) is 1. The molecule has 0 aromatic carbocycles. The van der Waals surface area contributed by atoms with Gasteiger partial charge in [0.05, 0.1) is 17.5 Å². The first-order chi connectivity index (χ1) is 7.75. The Morgan fingerprint density at radius 1 is 1.62 bits per heavy atom. The molecule has 0 radical (unpaired) electrons. The smallest absolute Gasteiger partial charge is 0.307 e. The highest BCUT2D eigenvalue weighted by atomic mass is 16.5. The molecule has 1 aliphatic carbocycles. The van der Waals surface area contributed by atoms with E-state index in [-0.39, 0.29) is 11.8 Å². The fourth-order valence-corrected chi connectivity index (χ4v) is 1.71. The molecule has 2 N–H and O–H groups in total. The van der Waals surface area contributed by atoms with Crippen molar-refractivity contribution in [3.8, 4) is 11.5 Å². The Balaban J connectivity index is 1.82. The van der Waals surface area contributed by atoms with E-state index < -0.39 is 5.97 Å². The monoisotopic (exact) mass is 219 g/mol. The Morgan fingerprint density at radius 3 is 3.12 bits per heavy atom. The summed E-state index contributed by atoms with van der Waals surface area (Å²) < 4.78 is 5.05. The topological polar surface area (TPSA) is 92.0 Å². The van der Waals surface area contributed by atoms with Gasteiger partial charge in [0.15, 0.2) is 0 Å². The largest absolute Gasteiger partial charge is 0.481 e. The van der Waals surface area contributed by atoms with Crippen LogP contribution in [0.2, 0.25) is 0 Å². The fourth-order valence-electron chi connectivity index (χ4n) is 1.71. The van der Waals surface area contributed by atoms with Crippen molar-refractivity contribution >= 4 is 5.97 Å². The molecule has 0 aliphatic heterocycles. The second kappa shape index (κ2) is 3.19. The van der Waals surface area contributed by atoms with Gasteiger partial charge >= 0.3 is 5.97 Å². The Kier molecular flexibility index (Phi) is 1.82. The molecule has 1 saturated carbocycles. The molecule has 2 unspecified atom stereocenters. The van der Waals surface area contributed by atoms with Gasteiger partial charge in [0.25, 0.3) is 0 Å². The van der Waals surface area contributed by atoms with Gasteiger partial charge in [-0.3, -0.25) is 4.79 Å². The number of hydrogen-bond donors (Lipinski definition) is 2. The molecule has 2 aromatic rings. The molecule has 6 nitrogen and oxygen atoms in total. The summed E-state index contributed by atoms with van der Waals surface area (Å²) in [5, 5.41) is 12.6. The highest BCUT2D eigenvalue weighted by Gasteiger charge is 2.48. The number of nitrogens with zero attached hydrogens (tertiary/aromatic N) is 2. The fraction of sp³-hybridized carbons (Fsp3) is 0.300. The normalized spacial score (nSPS) is 23.2. The lowest BCUT2D eigenvalue weighted by Crippen LogP contribution is -1.98. The van der Waals surface area contributed by atoms with Crippen LogP contribution < -0.4 is 0 Å². The Labute approximate surface area is 90.3 Å². The maximum absolute atomic E-state index is 10.7. The molecule has 2 aromatic heterocycles. The number of H-pyrrole nitrogens is 1. The van der Waals surface area contributed by atoms with Crippen LogP contribution in [0.5, 0.6) is 0 Å². The van der Waals surface area contributed by atoms with Crippen LogP contribution in [0.3, 0.4) is 0 Å². The minimum atomic E-state index is -0.801. The lowest BCUT2D eigenvalue weighted by Gasteiger charge is -1.87. The quantitative estimate of drug-likeness (QED) is 0.810. The zero-order chi connectivity index (χ0) is 11.1. The van der Waals surface area contributed by atoms with E-state index >= 15 is 0 Å². The number of aromatic amines is 1. The van der Waals surface area contributed by atoms with E-state index in [2.05, 4.69) is 15.1 Å². The van der Waals surface area contributed by atoms with E-state index in [1.54, 1.807) is 6.20 Å². The van der Waals surface area contributed by atoms with Crippen LogP contribution in [0, 0.1) is 5.92 Å².